The third-order valence-electron chi connectivity index (χ3n) is 9.57. The van der Waals surface area contributed by atoms with Gasteiger partial charge in [0.2, 0.25) is 23.6 Å². The van der Waals surface area contributed by atoms with Gasteiger partial charge in [-0.2, -0.15) is 0 Å². The molecule has 0 bridgehead atoms. The minimum atomic E-state index is -1.50. The van der Waals surface area contributed by atoms with Crippen LogP contribution >= 0.6 is 0 Å². The lowest BCUT2D eigenvalue weighted by Crippen LogP contribution is -2.50. The Morgan fingerprint density at radius 1 is 0.712 bits per heavy atom. The van der Waals surface area contributed by atoms with Gasteiger partial charge < -0.3 is 54.2 Å². The van der Waals surface area contributed by atoms with E-state index in [0.717, 1.165) is 6.92 Å². The van der Waals surface area contributed by atoms with Crippen molar-refractivity contribution in [3.05, 3.63) is 29.8 Å². The Balaban J connectivity index is 3.54. The van der Waals surface area contributed by atoms with Crippen LogP contribution in [0.3, 0.4) is 0 Å². The smallest absolute Gasteiger partial charge is 0.304 e. The second-order valence-electron chi connectivity index (χ2n) is 15.4. The molecule has 3 unspecified atom stereocenters. The Labute approximate surface area is 344 Å². The number of rotatable bonds is 30. The van der Waals surface area contributed by atoms with Crippen LogP contribution in [-0.2, 0) is 44.8 Å². The van der Waals surface area contributed by atoms with Crippen LogP contribution in [0.25, 0.3) is 0 Å². The Morgan fingerprint density at radius 3 is 1.71 bits per heavy atom. The number of aliphatic hydroxyl groups is 1. The highest BCUT2D eigenvalue weighted by Crippen LogP contribution is 2.22. The molecule has 19 nitrogen and oxygen atoms in total. The zero-order chi connectivity index (χ0) is 44.8. The van der Waals surface area contributed by atoms with Crippen LogP contribution in [0.15, 0.2) is 29.3 Å². The maximum atomic E-state index is 14.2. The number of aliphatic carboxylic acids is 1. The van der Waals surface area contributed by atoms with E-state index in [4.69, 9.17) is 22.9 Å². The number of carbonyl (C=O) groups is 8. The molecule has 0 aliphatic rings. The Morgan fingerprint density at radius 2 is 1.24 bits per heavy atom. The lowest BCUT2D eigenvalue weighted by Gasteiger charge is -2.26. The molecule has 1 aromatic rings. The summed E-state index contributed by atoms with van der Waals surface area (Å²) in [5, 5.41) is 37.2. The van der Waals surface area contributed by atoms with Crippen molar-refractivity contribution in [2.75, 3.05) is 13.1 Å². The van der Waals surface area contributed by atoms with Crippen LogP contribution < -0.4 is 38.9 Å². The summed E-state index contributed by atoms with van der Waals surface area (Å²) in [5.41, 5.74) is 22.7. The number of amides is 4. The van der Waals surface area contributed by atoms with Gasteiger partial charge in [0.05, 0.1) is 30.5 Å². The molecule has 0 fully saturated rings. The number of primary amides is 1. The van der Waals surface area contributed by atoms with Gasteiger partial charge in [0, 0.05) is 44.6 Å². The molecule has 0 heterocycles. The summed E-state index contributed by atoms with van der Waals surface area (Å²) in [4.78, 5) is 108. The van der Waals surface area contributed by atoms with Gasteiger partial charge in [-0.25, -0.2) is 0 Å². The van der Waals surface area contributed by atoms with Crippen LogP contribution in [-0.4, -0.2) is 106 Å². The molecule has 7 atom stereocenters. The number of aliphatic hydroxyl groups excluding tert-OH is 1. The molecule has 0 aromatic heterocycles. The number of carboxylic acid groups (broad SMARTS) is 1. The molecule has 1 rings (SSSR count). The monoisotopic (exact) mass is 832 g/mol. The fourth-order valence-corrected chi connectivity index (χ4v) is 6.54. The van der Waals surface area contributed by atoms with E-state index in [1.165, 1.54) is 19.1 Å². The number of aliphatic imine (C=N–C) groups is 1. The molecule has 0 spiro atoms. The summed E-state index contributed by atoms with van der Waals surface area (Å²) in [6.07, 6.45) is -2.11. The standard InChI is InChI=1S/C40H64N8O11/c1-22(2)16-26(37(42)57)18-32(52)31(9-7-15-45-40(43)44)48-38(58)27(17-25-10-12-29(51)13-11-25)19-33(53)30(8-5-6-14-41)47-39(59)28(21-35(55)56)20-34(54)36(23(3)49)46-24(4)50/h10-13,22-23,26-28,30-31,36,49,51H,5-9,14-21,41H2,1-4H3,(H2,42,57)(H,46,50)(H,47,59)(H,48,58)(H,55,56)(H4,43,44,45)/t23-,26-,27-,28+,30?,31?,36?/m1/s1. The van der Waals surface area contributed by atoms with E-state index >= 15 is 0 Å². The van der Waals surface area contributed by atoms with Gasteiger partial charge in [-0.3, -0.25) is 43.3 Å². The summed E-state index contributed by atoms with van der Waals surface area (Å²) in [5.74, 6) is -9.86. The molecule has 14 N–H and O–H groups in total. The topological polar surface area (TPSA) is 350 Å². The average Bonchev–Trinajstić information content (AvgIpc) is 3.13. The Bertz CT molecular complexity index is 1610. The molecule has 0 aliphatic carbocycles. The molecule has 1 aromatic carbocycles. The maximum absolute atomic E-state index is 14.2. The zero-order valence-electron chi connectivity index (χ0n) is 34.5. The molecule has 19 heteroatoms. The zero-order valence-corrected chi connectivity index (χ0v) is 34.5. The fraction of sp³-hybridized carbons (Fsp3) is 0.625. The van der Waals surface area contributed by atoms with E-state index in [1.807, 2.05) is 13.8 Å². The van der Waals surface area contributed by atoms with Crippen LogP contribution in [0.5, 0.6) is 5.75 Å². The number of hydrogen-bond acceptors (Lipinski definition) is 12. The quantitative estimate of drug-likeness (QED) is 0.0271. The number of phenolic OH excluding ortho intramolecular Hbond substituents is 1. The van der Waals surface area contributed by atoms with Crippen molar-refractivity contribution < 1.29 is 53.7 Å². The van der Waals surface area contributed by atoms with Gasteiger partial charge >= 0.3 is 5.97 Å². The highest BCUT2D eigenvalue weighted by atomic mass is 16.4. The summed E-state index contributed by atoms with van der Waals surface area (Å²) in [6.45, 7) is 6.51. The number of carbonyl (C=O) groups excluding carboxylic acids is 7. The SMILES string of the molecule is CC(=O)NC(C(=O)C[C@@H](CC(=O)O)C(=O)NC(CCCCN)C(=O)C[C@@H](Cc1ccc(O)cc1)C(=O)NC(CCCN=C(N)N)C(=O)C[C@@H](CC(C)C)C(N)=O)[C@@H](C)O. The van der Waals surface area contributed by atoms with E-state index in [9.17, 15) is 53.7 Å². The number of nitrogens with one attached hydrogen (secondary N) is 3. The highest BCUT2D eigenvalue weighted by Gasteiger charge is 2.35. The molecule has 0 aliphatic heterocycles. The van der Waals surface area contributed by atoms with Crippen LogP contribution in [0, 0.1) is 23.7 Å². The number of nitrogens with two attached hydrogens (primary N) is 4. The Hall–Kier alpha value is -5.43. The third kappa shape index (κ3) is 20.7. The summed E-state index contributed by atoms with van der Waals surface area (Å²) >= 11 is 0. The van der Waals surface area contributed by atoms with Crippen LogP contribution in [0.4, 0.5) is 0 Å². The number of nitrogens with zero attached hydrogens (tertiary/aromatic N) is 1. The maximum Gasteiger partial charge on any atom is 0.304 e. The average molecular weight is 833 g/mol. The minimum Gasteiger partial charge on any atom is -0.508 e. The van der Waals surface area contributed by atoms with Gasteiger partial charge in [0.1, 0.15) is 11.8 Å². The first kappa shape index (κ1) is 51.6. The minimum absolute atomic E-state index is 0.0407. The van der Waals surface area contributed by atoms with E-state index in [-0.39, 0.29) is 62.8 Å². The summed E-state index contributed by atoms with van der Waals surface area (Å²) in [7, 11) is 0. The molecule has 0 saturated heterocycles. The number of ketones is 3. The second kappa shape index (κ2) is 26.5. The lowest BCUT2D eigenvalue weighted by atomic mass is 9.87. The largest absolute Gasteiger partial charge is 0.508 e. The van der Waals surface area contributed by atoms with Crippen molar-refractivity contribution in [1.82, 2.24) is 16.0 Å². The third-order valence-corrected chi connectivity index (χ3v) is 9.57. The number of aromatic hydroxyl groups is 1. The van der Waals surface area contributed by atoms with Crippen molar-refractivity contribution >= 4 is 52.9 Å². The number of carboxylic acids is 1. The van der Waals surface area contributed by atoms with Crippen molar-refractivity contribution in [3.8, 4) is 5.75 Å². The number of unbranched alkanes of at least 4 members (excludes halogenated alkanes) is 1. The first-order valence-electron chi connectivity index (χ1n) is 19.8. The summed E-state index contributed by atoms with van der Waals surface area (Å²) in [6, 6.07) is 2.09. The van der Waals surface area contributed by atoms with E-state index in [0.29, 0.717) is 24.8 Å². The molecule has 330 valence electrons. The van der Waals surface area contributed by atoms with Crippen molar-refractivity contribution in [2.45, 2.75) is 123 Å². The number of phenols is 1. The van der Waals surface area contributed by atoms with Gasteiger partial charge in [-0.05, 0) is 82.0 Å². The fourth-order valence-electron chi connectivity index (χ4n) is 6.54. The Kier molecular flexibility index (Phi) is 23.2. The molecule has 59 heavy (non-hydrogen) atoms. The molecule has 0 saturated carbocycles. The molecule has 0 radical (unpaired) electrons. The van der Waals surface area contributed by atoms with Gasteiger partial charge in [-0.15, -0.1) is 0 Å². The van der Waals surface area contributed by atoms with E-state index < -0.39 is 108 Å². The van der Waals surface area contributed by atoms with Crippen molar-refractivity contribution in [2.24, 2.45) is 51.6 Å². The number of hydrogen-bond donors (Lipinski definition) is 10. The molecular weight excluding hydrogens is 768 g/mol. The van der Waals surface area contributed by atoms with Gasteiger partial charge in [0.25, 0.3) is 0 Å². The number of Topliss-reactive ketones (excluding diaryl/α,β-unsaturated/α-hetero) is 3. The number of guanidine groups is 1. The second-order valence-corrected chi connectivity index (χ2v) is 15.4. The van der Waals surface area contributed by atoms with Gasteiger partial charge in [-0.1, -0.05) is 26.0 Å². The summed E-state index contributed by atoms with van der Waals surface area (Å²) < 4.78 is 0. The van der Waals surface area contributed by atoms with Crippen molar-refractivity contribution in [1.29, 1.82) is 0 Å². The lowest BCUT2D eigenvalue weighted by molar-refractivity contribution is -0.143. The van der Waals surface area contributed by atoms with Crippen molar-refractivity contribution in [3.63, 3.8) is 0 Å². The predicted molar refractivity (Wildman–Crippen MR) is 218 cm³/mol. The van der Waals surface area contributed by atoms with Gasteiger partial charge in [0.15, 0.2) is 23.3 Å². The van der Waals surface area contributed by atoms with E-state index in [2.05, 4.69) is 20.9 Å². The van der Waals surface area contributed by atoms with Crippen LogP contribution in [0.2, 0.25) is 0 Å². The first-order valence-corrected chi connectivity index (χ1v) is 19.8. The normalized spacial score (nSPS) is 14.7. The van der Waals surface area contributed by atoms with E-state index in [1.54, 1.807) is 12.1 Å². The molecular formula is C40H64N8O11. The predicted octanol–water partition coefficient (Wildman–Crippen LogP) is -0.295. The number of benzene rings is 1. The first-order chi connectivity index (χ1) is 27.6. The highest BCUT2D eigenvalue weighted by molar-refractivity contribution is 5.97. The molecule has 4 amide bonds. The van der Waals surface area contributed by atoms with Crippen LogP contribution in [0.1, 0.15) is 97.5 Å².